The Morgan fingerprint density at radius 1 is 1.03 bits per heavy atom. The Morgan fingerprint density at radius 3 is 2.31 bits per heavy atom. The van der Waals surface area contributed by atoms with E-state index in [-0.39, 0.29) is 11.6 Å². The van der Waals surface area contributed by atoms with Crippen molar-refractivity contribution in [3.8, 4) is 5.75 Å². The minimum Gasteiger partial charge on any atom is -0.489 e. The lowest BCUT2D eigenvalue weighted by Crippen LogP contribution is -2.17. The molecule has 0 aromatic heterocycles. The lowest BCUT2D eigenvalue weighted by Gasteiger charge is -2.06. The third-order valence-corrected chi connectivity index (χ3v) is 4.17. The summed E-state index contributed by atoms with van der Waals surface area (Å²) in [7, 11) is 0. The van der Waals surface area contributed by atoms with Gasteiger partial charge in [-0.05, 0) is 71.8 Å². The van der Waals surface area contributed by atoms with Gasteiger partial charge in [0, 0.05) is 22.7 Å². The van der Waals surface area contributed by atoms with Crippen molar-refractivity contribution in [1.29, 1.82) is 0 Å². The van der Waals surface area contributed by atoms with Crippen LogP contribution in [-0.4, -0.2) is 17.0 Å². The predicted octanol–water partition coefficient (Wildman–Crippen LogP) is 4.59. The fourth-order valence-corrected chi connectivity index (χ4v) is 2.49. The van der Waals surface area contributed by atoms with Crippen molar-refractivity contribution >= 4 is 29.4 Å². The topological polar surface area (TPSA) is 93.8 Å². The number of non-ortho nitro benzene ring substituents is 1. The first-order valence-electron chi connectivity index (χ1n) is 8.56. The number of ether oxygens (including phenoxy) is 1. The molecular formula is C21H16ClN3O4. The molecule has 0 bridgehead atoms. The van der Waals surface area contributed by atoms with E-state index in [2.05, 4.69) is 10.5 Å². The molecule has 0 spiro atoms. The van der Waals surface area contributed by atoms with Crippen molar-refractivity contribution in [2.45, 2.75) is 6.61 Å². The molecule has 0 radical (unpaired) electrons. The number of nitro benzene ring substituents is 1. The van der Waals surface area contributed by atoms with Crippen LogP contribution in [0.15, 0.2) is 77.9 Å². The summed E-state index contributed by atoms with van der Waals surface area (Å²) in [5, 5.41) is 15.1. The van der Waals surface area contributed by atoms with Crippen LogP contribution in [-0.2, 0) is 6.61 Å². The van der Waals surface area contributed by atoms with Crippen LogP contribution < -0.4 is 10.2 Å². The Balaban J connectivity index is 1.50. The fourth-order valence-electron chi connectivity index (χ4n) is 2.36. The van der Waals surface area contributed by atoms with Crippen molar-refractivity contribution in [1.82, 2.24) is 5.43 Å². The molecule has 1 N–H and O–H groups in total. The number of nitro groups is 1. The molecule has 0 saturated carbocycles. The number of rotatable bonds is 7. The van der Waals surface area contributed by atoms with Gasteiger partial charge < -0.3 is 4.74 Å². The van der Waals surface area contributed by atoms with Gasteiger partial charge in [-0.3, -0.25) is 14.9 Å². The largest absolute Gasteiger partial charge is 0.489 e. The lowest BCUT2D eigenvalue weighted by molar-refractivity contribution is -0.384. The smallest absolute Gasteiger partial charge is 0.271 e. The predicted molar refractivity (Wildman–Crippen MR) is 110 cm³/mol. The lowest BCUT2D eigenvalue weighted by atomic mass is 10.2. The second kappa shape index (κ2) is 9.48. The van der Waals surface area contributed by atoms with Gasteiger partial charge in [0.05, 0.1) is 11.1 Å². The SMILES string of the molecule is O=C(N/N=C/c1ccc(OCc2ccc([N+](=O)[O-])cc2)cc1)c1ccc(Cl)cc1. The van der Waals surface area contributed by atoms with Crippen LogP contribution in [0.5, 0.6) is 5.75 Å². The Labute approximate surface area is 171 Å². The van der Waals surface area contributed by atoms with Crippen LogP contribution in [0.2, 0.25) is 5.02 Å². The Kier molecular flexibility index (Phi) is 6.55. The number of hydrogen-bond donors (Lipinski definition) is 1. The zero-order valence-corrected chi connectivity index (χ0v) is 15.9. The maximum Gasteiger partial charge on any atom is 0.271 e. The highest BCUT2D eigenvalue weighted by molar-refractivity contribution is 6.30. The van der Waals surface area contributed by atoms with E-state index in [1.807, 2.05) is 0 Å². The minimum absolute atomic E-state index is 0.0422. The quantitative estimate of drug-likeness (QED) is 0.351. The number of carbonyl (C=O) groups excluding carboxylic acids is 1. The summed E-state index contributed by atoms with van der Waals surface area (Å²) in [6.07, 6.45) is 1.52. The molecule has 3 rings (SSSR count). The third-order valence-electron chi connectivity index (χ3n) is 3.92. The van der Waals surface area contributed by atoms with Gasteiger partial charge in [-0.1, -0.05) is 11.6 Å². The molecule has 0 unspecified atom stereocenters. The van der Waals surface area contributed by atoms with Gasteiger partial charge in [-0.25, -0.2) is 5.43 Å². The minimum atomic E-state index is -0.442. The molecule has 0 heterocycles. The van der Waals surface area contributed by atoms with E-state index in [4.69, 9.17) is 16.3 Å². The highest BCUT2D eigenvalue weighted by Gasteiger charge is 2.05. The molecule has 3 aromatic carbocycles. The first-order chi connectivity index (χ1) is 14.0. The summed E-state index contributed by atoms with van der Waals surface area (Å²) in [6, 6.07) is 19.8. The van der Waals surface area contributed by atoms with Gasteiger partial charge in [-0.15, -0.1) is 0 Å². The summed E-state index contributed by atoms with van der Waals surface area (Å²) < 4.78 is 5.66. The Bertz CT molecular complexity index is 1020. The number of hydrazone groups is 1. The molecule has 0 aliphatic heterocycles. The van der Waals surface area contributed by atoms with E-state index in [1.54, 1.807) is 60.7 Å². The van der Waals surface area contributed by atoms with E-state index in [1.165, 1.54) is 18.3 Å². The van der Waals surface area contributed by atoms with E-state index < -0.39 is 4.92 Å². The number of hydrogen-bond acceptors (Lipinski definition) is 5. The van der Waals surface area contributed by atoms with Gasteiger partial charge in [0.2, 0.25) is 0 Å². The van der Waals surface area contributed by atoms with Crippen molar-refractivity contribution in [3.05, 3.63) is 105 Å². The molecular weight excluding hydrogens is 394 g/mol. The van der Waals surface area contributed by atoms with Crippen molar-refractivity contribution in [3.63, 3.8) is 0 Å². The first-order valence-corrected chi connectivity index (χ1v) is 8.94. The number of nitrogens with zero attached hydrogens (tertiary/aromatic N) is 2. The average molecular weight is 410 g/mol. The molecule has 1 amide bonds. The van der Waals surface area contributed by atoms with E-state index in [0.717, 1.165) is 11.1 Å². The fraction of sp³-hybridized carbons (Fsp3) is 0.0476. The molecule has 7 nitrogen and oxygen atoms in total. The van der Waals surface area contributed by atoms with E-state index in [0.29, 0.717) is 22.9 Å². The second-order valence-corrected chi connectivity index (χ2v) is 6.42. The van der Waals surface area contributed by atoms with Crippen molar-refractivity contribution in [2.75, 3.05) is 0 Å². The second-order valence-electron chi connectivity index (χ2n) is 5.99. The Morgan fingerprint density at radius 2 is 1.69 bits per heavy atom. The molecule has 29 heavy (non-hydrogen) atoms. The van der Waals surface area contributed by atoms with Crippen LogP contribution in [0.25, 0.3) is 0 Å². The average Bonchev–Trinajstić information content (AvgIpc) is 2.74. The van der Waals surface area contributed by atoms with E-state index >= 15 is 0 Å². The van der Waals surface area contributed by atoms with Gasteiger partial charge in [0.25, 0.3) is 11.6 Å². The maximum atomic E-state index is 12.0. The van der Waals surface area contributed by atoms with E-state index in [9.17, 15) is 14.9 Å². The summed E-state index contributed by atoms with van der Waals surface area (Å²) in [6.45, 7) is 0.294. The molecule has 0 saturated heterocycles. The highest BCUT2D eigenvalue weighted by atomic mass is 35.5. The van der Waals surface area contributed by atoms with Crippen LogP contribution in [0.1, 0.15) is 21.5 Å². The third kappa shape index (κ3) is 5.88. The number of benzene rings is 3. The van der Waals surface area contributed by atoms with Crippen LogP contribution >= 0.6 is 11.6 Å². The molecule has 0 aliphatic carbocycles. The molecule has 0 aliphatic rings. The van der Waals surface area contributed by atoms with Crippen molar-refractivity contribution < 1.29 is 14.5 Å². The molecule has 0 fully saturated rings. The van der Waals surface area contributed by atoms with Gasteiger partial charge in [-0.2, -0.15) is 5.10 Å². The zero-order valence-electron chi connectivity index (χ0n) is 15.1. The Hall–Kier alpha value is -3.71. The van der Waals surface area contributed by atoms with Crippen LogP contribution in [0.4, 0.5) is 5.69 Å². The molecule has 146 valence electrons. The normalized spacial score (nSPS) is 10.7. The van der Waals surface area contributed by atoms with Gasteiger partial charge >= 0.3 is 0 Å². The number of nitrogens with one attached hydrogen (secondary N) is 1. The molecule has 0 atom stereocenters. The van der Waals surface area contributed by atoms with Crippen LogP contribution in [0.3, 0.4) is 0 Å². The highest BCUT2D eigenvalue weighted by Crippen LogP contribution is 2.16. The van der Waals surface area contributed by atoms with Crippen molar-refractivity contribution in [2.24, 2.45) is 5.10 Å². The summed E-state index contributed by atoms with van der Waals surface area (Å²) in [5.41, 5.74) is 4.56. The first kappa shape index (κ1) is 20.0. The number of amides is 1. The standard InChI is InChI=1S/C21H16ClN3O4/c22-18-7-5-17(6-8-18)21(26)24-23-13-15-3-11-20(12-4-15)29-14-16-1-9-19(10-2-16)25(27)28/h1-13H,14H2,(H,24,26)/b23-13+. The summed E-state index contributed by atoms with van der Waals surface area (Å²) in [4.78, 5) is 22.2. The maximum absolute atomic E-state index is 12.0. The number of carbonyl (C=O) groups is 1. The molecule has 3 aromatic rings. The van der Waals surface area contributed by atoms with Gasteiger partial charge in [0.1, 0.15) is 12.4 Å². The molecule has 8 heteroatoms. The zero-order chi connectivity index (χ0) is 20.6. The van der Waals surface area contributed by atoms with Gasteiger partial charge in [0.15, 0.2) is 0 Å². The van der Waals surface area contributed by atoms with Crippen LogP contribution in [0, 0.1) is 10.1 Å². The monoisotopic (exact) mass is 409 g/mol. The number of halogens is 1. The summed E-state index contributed by atoms with van der Waals surface area (Å²) >= 11 is 5.79. The summed E-state index contributed by atoms with van der Waals surface area (Å²) in [5.74, 6) is 0.312.